The van der Waals surface area contributed by atoms with Crippen LogP contribution in [0.4, 0.5) is 20.2 Å². The highest BCUT2D eigenvalue weighted by Crippen LogP contribution is 2.27. The lowest BCUT2D eigenvalue weighted by molar-refractivity contribution is -0.127. The van der Waals surface area contributed by atoms with Crippen LogP contribution in [-0.2, 0) is 9.59 Å². The Morgan fingerprint density at radius 1 is 1.21 bits per heavy atom. The van der Waals surface area contributed by atoms with Gasteiger partial charge in [-0.25, -0.2) is 0 Å². The fourth-order valence-corrected chi connectivity index (χ4v) is 3.16. The Kier molecular flexibility index (Phi) is 4.71. The molecule has 2 amide bonds. The monoisotopic (exact) mass is 398 g/mol. The minimum Gasteiger partial charge on any atom is -0.435 e. The predicted octanol–water partition coefficient (Wildman–Crippen LogP) is 3.75. The normalized spacial score (nSPS) is 16.4. The zero-order valence-electron chi connectivity index (χ0n) is 15.2. The zero-order chi connectivity index (χ0) is 20.5. The Morgan fingerprint density at radius 2 is 1.97 bits per heavy atom. The summed E-state index contributed by atoms with van der Waals surface area (Å²) in [6.07, 6.45) is 1.79. The quantitative estimate of drug-likeness (QED) is 0.642. The van der Waals surface area contributed by atoms with Crippen molar-refractivity contribution in [3.63, 3.8) is 0 Å². The topological polar surface area (TPSA) is 86.8 Å². The molecule has 148 valence electrons. The summed E-state index contributed by atoms with van der Waals surface area (Å²) in [6, 6.07) is 12.7. The van der Waals surface area contributed by atoms with Gasteiger partial charge >= 0.3 is 6.61 Å². The molecule has 29 heavy (non-hydrogen) atoms. The average molecular weight is 398 g/mol. The second kappa shape index (κ2) is 7.34. The number of aromatic nitrogens is 1. The van der Waals surface area contributed by atoms with Crippen molar-refractivity contribution >= 4 is 39.8 Å². The van der Waals surface area contributed by atoms with Crippen molar-refractivity contribution in [2.45, 2.75) is 13.5 Å². The van der Waals surface area contributed by atoms with Crippen molar-refractivity contribution in [1.29, 1.82) is 0 Å². The molecule has 3 aromatic rings. The number of anilines is 2. The van der Waals surface area contributed by atoms with Crippen molar-refractivity contribution in [3.05, 3.63) is 54.7 Å². The first-order chi connectivity index (χ1) is 13.9. The molecule has 1 aromatic heterocycles. The molecule has 0 bridgehead atoms. The molecule has 0 saturated heterocycles. The highest BCUT2D eigenvalue weighted by atomic mass is 19.3. The van der Waals surface area contributed by atoms with Crippen LogP contribution in [0.25, 0.3) is 10.9 Å². The summed E-state index contributed by atoms with van der Waals surface area (Å²) in [5.41, 5.74) is 2.09. The molecule has 1 aliphatic rings. The van der Waals surface area contributed by atoms with Gasteiger partial charge in [0.15, 0.2) is 5.92 Å². The summed E-state index contributed by atoms with van der Waals surface area (Å²) in [5, 5.41) is 8.99. The van der Waals surface area contributed by atoms with E-state index in [1.165, 1.54) is 24.3 Å². The number of hydrogen-bond donors (Lipinski definition) is 2. The molecule has 2 N–H and O–H groups in total. The fourth-order valence-electron chi connectivity index (χ4n) is 3.16. The van der Waals surface area contributed by atoms with E-state index < -0.39 is 24.3 Å². The summed E-state index contributed by atoms with van der Waals surface area (Å²) in [7, 11) is 0. The number of ether oxygens (including phenoxy) is 1. The standard InChI is InChI=1S/C20H16F2N4O3/c1-11-17(18(27)24-13-3-2-12-8-9-23-16(12)10-13)19(28)26(25-11)14-4-6-15(7-5-14)29-20(21)22/h2-10,17,20,23H,1H3,(H,24,27). The second-order valence-electron chi connectivity index (χ2n) is 6.47. The Balaban J connectivity index is 1.49. The van der Waals surface area contributed by atoms with E-state index in [2.05, 4.69) is 20.1 Å². The number of rotatable bonds is 5. The number of H-pyrrole nitrogens is 1. The minimum absolute atomic E-state index is 0.0369. The highest BCUT2D eigenvalue weighted by molar-refractivity contribution is 6.28. The third-order valence-corrected chi connectivity index (χ3v) is 4.52. The van der Waals surface area contributed by atoms with Crippen LogP contribution in [-0.4, -0.2) is 29.1 Å². The molecule has 2 heterocycles. The van der Waals surface area contributed by atoms with Crippen molar-refractivity contribution in [2.24, 2.45) is 11.0 Å². The molecule has 0 aliphatic carbocycles. The number of nitrogens with zero attached hydrogens (tertiary/aromatic N) is 2. The summed E-state index contributed by atoms with van der Waals surface area (Å²) in [5.74, 6) is -2.14. The van der Waals surface area contributed by atoms with E-state index in [9.17, 15) is 18.4 Å². The van der Waals surface area contributed by atoms with Gasteiger partial charge in [0.2, 0.25) is 5.91 Å². The molecule has 1 atom stereocenters. The number of alkyl halides is 2. The van der Waals surface area contributed by atoms with Gasteiger partial charge in [-0.2, -0.15) is 18.9 Å². The van der Waals surface area contributed by atoms with Gasteiger partial charge in [-0.05, 0) is 54.8 Å². The molecule has 0 radical (unpaired) electrons. The van der Waals surface area contributed by atoms with Crippen LogP contribution < -0.4 is 15.1 Å². The molecule has 0 saturated carbocycles. The number of benzene rings is 2. The van der Waals surface area contributed by atoms with Crippen LogP contribution in [0.2, 0.25) is 0 Å². The maximum atomic E-state index is 12.8. The third-order valence-electron chi connectivity index (χ3n) is 4.52. The molecular weight excluding hydrogens is 382 g/mol. The number of hydrazone groups is 1. The van der Waals surface area contributed by atoms with Crippen LogP contribution in [0.15, 0.2) is 59.8 Å². The fraction of sp³-hybridized carbons (Fsp3) is 0.150. The Labute approximate surface area is 164 Å². The number of carbonyl (C=O) groups is 2. The van der Waals surface area contributed by atoms with Crippen LogP contribution in [0.3, 0.4) is 0 Å². The van der Waals surface area contributed by atoms with E-state index in [4.69, 9.17) is 0 Å². The van der Waals surface area contributed by atoms with Crippen molar-refractivity contribution in [3.8, 4) is 5.75 Å². The number of halogens is 2. The van der Waals surface area contributed by atoms with Gasteiger partial charge in [-0.15, -0.1) is 0 Å². The maximum Gasteiger partial charge on any atom is 0.387 e. The SMILES string of the molecule is CC1=NN(c2ccc(OC(F)F)cc2)C(=O)C1C(=O)Nc1ccc2cc[nH]c2c1. The minimum atomic E-state index is -2.94. The van der Waals surface area contributed by atoms with Gasteiger partial charge in [0.05, 0.1) is 11.4 Å². The largest absolute Gasteiger partial charge is 0.435 e. The summed E-state index contributed by atoms with van der Waals surface area (Å²) in [6.45, 7) is -1.35. The second-order valence-corrected chi connectivity index (χ2v) is 6.47. The number of carbonyl (C=O) groups excluding carboxylic acids is 2. The molecule has 4 rings (SSSR count). The van der Waals surface area contributed by atoms with E-state index in [0.717, 1.165) is 15.9 Å². The van der Waals surface area contributed by atoms with E-state index in [0.29, 0.717) is 17.1 Å². The van der Waals surface area contributed by atoms with Gasteiger partial charge in [0, 0.05) is 17.4 Å². The summed E-state index contributed by atoms with van der Waals surface area (Å²) >= 11 is 0. The number of amides is 2. The maximum absolute atomic E-state index is 12.8. The smallest absolute Gasteiger partial charge is 0.387 e. The first-order valence-electron chi connectivity index (χ1n) is 8.74. The van der Waals surface area contributed by atoms with Gasteiger partial charge in [-0.3, -0.25) is 9.59 Å². The van der Waals surface area contributed by atoms with Crippen molar-refractivity contribution < 1.29 is 23.1 Å². The molecule has 1 unspecified atom stereocenters. The van der Waals surface area contributed by atoms with Gasteiger partial charge < -0.3 is 15.0 Å². The van der Waals surface area contributed by atoms with E-state index in [1.54, 1.807) is 25.3 Å². The van der Waals surface area contributed by atoms with Crippen molar-refractivity contribution in [2.75, 3.05) is 10.3 Å². The Bertz CT molecular complexity index is 1110. The van der Waals surface area contributed by atoms with Crippen LogP contribution in [0.1, 0.15) is 6.92 Å². The summed E-state index contributed by atoms with van der Waals surface area (Å²) < 4.78 is 28.8. The molecule has 7 nitrogen and oxygen atoms in total. The Morgan fingerprint density at radius 3 is 2.69 bits per heavy atom. The predicted molar refractivity (Wildman–Crippen MR) is 104 cm³/mol. The lowest BCUT2D eigenvalue weighted by Gasteiger charge is -2.15. The number of fused-ring (bicyclic) bond motifs is 1. The molecule has 2 aromatic carbocycles. The first kappa shape index (κ1) is 18.6. The van der Waals surface area contributed by atoms with Gasteiger partial charge in [0.1, 0.15) is 5.75 Å². The number of aromatic amines is 1. The number of nitrogens with one attached hydrogen (secondary N) is 2. The van der Waals surface area contributed by atoms with E-state index in [1.807, 2.05) is 12.1 Å². The lowest BCUT2D eigenvalue weighted by Crippen LogP contribution is -2.36. The average Bonchev–Trinajstić information content (AvgIpc) is 3.25. The summed E-state index contributed by atoms with van der Waals surface area (Å²) in [4.78, 5) is 28.5. The van der Waals surface area contributed by atoms with E-state index >= 15 is 0 Å². The van der Waals surface area contributed by atoms with Gasteiger partial charge in [0.25, 0.3) is 5.91 Å². The lowest BCUT2D eigenvalue weighted by atomic mass is 10.0. The van der Waals surface area contributed by atoms with Gasteiger partial charge in [-0.1, -0.05) is 6.07 Å². The zero-order valence-corrected chi connectivity index (χ0v) is 15.2. The van der Waals surface area contributed by atoms with Crippen molar-refractivity contribution in [1.82, 2.24) is 4.98 Å². The van der Waals surface area contributed by atoms with Crippen LogP contribution in [0.5, 0.6) is 5.75 Å². The molecule has 0 fully saturated rings. The first-order valence-corrected chi connectivity index (χ1v) is 8.74. The third kappa shape index (κ3) is 3.66. The molecule has 9 heteroatoms. The highest BCUT2D eigenvalue weighted by Gasteiger charge is 2.39. The van der Waals surface area contributed by atoms with E-state index in [-0.39, 0.29) is 5.75 Å². The van der Waals surface area contributed by atoms with Crippen LogP contribution in [0, 0.1) is 5.92 Å². The van der Waals surface area contributed by atoms with Crippen LogP contribution >= 0.6 is 0 Å². The molecule has 0 spiro atoms. The Hall–Kier alpha value is -3.75. The molecule has 1 aliphatic heterocycles. The molecular formula is C20H16F2N4O3. The number of hydrogen-bond acceptors (Lipinski definition) is 4.